The van der Waals surface area contributed by atoms with E-state index in [2.05, 4.69) is 9.98 Å². The van der Waals surface area contributed by atoms with E-state index in [-0.39, 0.29) is 16.8 Å². The number of aliphatic imine (C=N–C) groups is 1. The summed E-state index contributed by atoms with van der Waals surface area (Å²) in [6, 6.07) is 21.8. The Labute approximate surface area is 198 Å². The van der Waals surface area contributed by atoms with E-state index < -0.39 is 17.1 Å². The third-order valence-electron chi connectivity index (χ3n) is 5.97. The van der Waals surface area contributed by atoms with Crippen LogP contribution in [0.4, 0.5) is 5.69 Å². The molecule has 2 heterocycles. The zero-order valence-corrected chi connectivity index (χ0v) is 19.0. The van der Waals surface area contributed by atoms with Crippen molar-refractivity contribution in [2.45, 2.75) is 6.92 Å². The molecule has 35 heavy (non-hydrogen) atoms. The molecule has 0 saturated carbocycles. The summed E-state index contributed by atoms with van der Waals surface area (Å²) >= 11 is 0. The number of aromatic nitrogens is 4. The standard InChI is InChI=1S/C26H21N5O4/c1-16-22(25(34)31(29(16)2)18-11-4-3-5-12-18)27-15-20-23(32)28-26(35)30(24(20)33)21-14-8-10-17-9-6-7-13-19(17)21/h3-15,33H,1-2H3,(H,28,32,35). The van der Waals surface area contributed by atoms with Crippen molar-refractivity contribution in [3.05, 3.63) is 115 Å². The Morgan fingerprint density at radius 1 is 0.914 bits per heavy atom. The fraction of sp³-hybridized carbons (Fsp3) is 0.0769. The summed E-state index contributed by atoms with van der Waals surface area (Å²) in [6.07, 6.45) is 1.11. The molecule has 3 aromatic carbocycles. The van der Waals surface area contributed by atoms with E-state index in [0.29, 0.717) is 22.5 Å². The number of H-pyrrole nitrogens is 1. The predicted octanol–water partition coefficient (Wildman–Crippen LogP) is 2.93. The van der Waals surface area contributed by atoms with E-state index >= 15 is 0 Å². The highest BCUT2D eigenvalue weighted by molar-refractivity contribution is 5.91. The maximum Gasteiger partial charge on any atom is 0.335 e. The Hall–Kier alpha value is -4.92. The summed E-state index contributed by atoms with van der Waals surface area (Å²) in [4.78, 5) is 44.9. The molecule has 0 atom stereocenters. The number of rotatable bonds is 4. The van der Waals surface area contributed by atoms with E-state index in [1.807, 2.05) is 48.5 Å². The van der Waals surface area contributed by atoms with Crippen molar-refractivity contribution in [1.82, 2.24) is 18.9 Å². The maximum absolute atomic E-state index is 13.1. The van der Waals surface area contributed by atoms with E-state index in [1.54, 1.807) is 42.9 Å². The topological polar surface area (TPSA) is 114 Å². The van der Waals surface area contributed by atoms with Gasteiger partial charge in [-0.2, -0.15) is 0 Å². The molecule has 9 nitrogen and oxygen atoms in total. The molecule has 0 amide bonds. The molecule has 0 saturated heterocycles. The van der Waals surface area contributed by atoms with Crippen LogP contribution in [0, 0.1) is 6.92 Å². The average Bonchev–Trinajstić information content (AvgIpc) is 3.07. The normalized spacial score (nSPS) is 11.5. The minimum atomic E-state index is -0.815. The number of hydrogen-bond donors (Lipinski definition) is 2. The predicted molar refractivity (Wildman–Crippen MR) is 135 cm³/mol. The van der Waals surface area contributed by atoms with Gasteiger partial charge in [0.1, 0.15) is 5.56 Å². The zero-order valence-electron chi connectivity index (χ0n) is 19.0. The number of aromatic hydroxyl groups is 1. The van der Waals surface area contributed by atoms with Gasteiger partial charge in [0.15, 0.2) is 5.69 Å². The van der Waals surface area contributed by atoms with Crippen LogP contribution >= 0.6 is 0 Å². The van der Waals surface area contributed by atoms with Gasteiger partial charge in [0.2, 0.25) is 5.88 Å². The van der Waals surface area contributed by atoms with Crippen molar-refractivity contribution >= 4 is 22.7 Å². The number of hydrogen-bond acceptors (Lipinski definition) is 5. The first kappa shape index (κ1) is 21.9. The second-order valence-corrected chi connectivity index (χ2v) is 8.00. The lowest BCUT2D eigenvalue weighted by Crippen LogP contribution is -2.31. The van der Waals surface area contributed by atoms with Gasteiger partial charge in [0, 0.05) is 18.6 Å². The summed E-state index contributed by atoms with van der Waals surface area (Å²) in [5.41, 5.74) is -0.495. The van der Waals surface area contributed by atoms with Crippen molar-refractivity contribution < 1.29 is 5.11 Å². The highest BCUT2D eigenvalue weighted by Gasteiger charge is 2.18. The van der Waals surface area contributed by atoms with E-state index in [4.69, 9.17) is 0 Å². The molecule has 2 N–H and O–H groups in total. The Morgan fingerprint density at radius 3 is 2.37 bits per heavy atom. The molecule has 0 aliphatic carbocycles. The summed E-state index contributed by atoms with van der Waals surface area (Å²) in [7, 11) is 1.73. The second-order valence-electron chi connectivity index (χ2n) is 8.00. The quantitative estimate of drug-likeness (QED) is 0.396. The van der Waals surface area contributed by atoms with Crippen molar-refractivity contribution in [1.29, 1.82) is 0 Å². The largest absolute Gasteiger partial charge is 0.493 e. The van der Waals surface area contributed by atoms with Crippen molar-refractivity contribution in [2.75, 3.05) is 0 Å². The number of fused-ring (bicyclic) bond motifs is 1. The first-order valence-corrected chi connectivity index (χ1v) is 10.8. The number of nitrogens with one attached hydrogen (secondary N) is 1. The Bertz CT molecular complexity index is 1780. The molecule has 5 aromatic rings. The van der Waals surface area contributed by atoms with Crippen LogP contribution in [0.2, 0.25) is 0 Å². The monoisotopic (exact) mass is 467 g/mol. The number of aromatic amines is 1. The second kappa shape index (κ2) is 8.45. The highest BCUT2D eigenvalue weighted by Crippen LogP contribution is 2.25. The lowest BCUT2D eigenvalue weighted by Gasteiger charge is -2.12. The number of para-hydroxylation sites is 1. The van der Waals surface area contributed by atoms with Crippen LogP contribution in [0.25, 0.3) is 22.1 Å². The van der Waals surface area contributed by atoms with Gasteiger partial charge in [0.05, 0.1) is 17.1 Å². The molecule has 174 valence electrons. The molecular formula is C26H21N5O4. The average molecular weight is 467 g/mol. The van der Waals surface area contributed by atoms with Gasteiger partial charge in [-0.25, -0.2) is 19.0 Å². The molecule has 0 bridgehead atoms. The molecule has 0 spiro atoms. The molecule has 0 aliphatic rings. The molecule has 0 aliphatic heterocycles. The Balaban J connectivity index is 1.67. The third kappa shape index (κ3) is 3.59. The summed E-state index contributed by atoms with van der Waals surface area (Å²) in [5.74, 6) is -0.573. The maximum atomic E-state index is 13.1. The van der Waals surface area contributed by atoms with Gasteiger partial charge in [-0.1, -0.05) is 54.6 Å². The summed E-state index contributed by atoms with van der Waals surface area (Å²) < 4.78 is 4.14. The van der Waals surface area contributed by atoms with Crippen LogP contribution in [0.5, 0.6) is 5.88 Å². The van der Waals surface area contributed by atoms with Gasteiger partial charge in [0.25, 0.3) is 11.1 Å². The lowest BCUT2D eigenvalue weighted by atomic mass is 10.1. The summed E-state index contributed by atoms with van der Waals surface area (Å²) in [6.45, 7) is 1.73. The van der Waals surface area contributed by atoms with Crippen LogP contribution in [-0.4, -0.2) is 30.2 Å². The van der Waals surface area contributed by atoms with Crippen LogP contribution in [0.3, 0.4) is 0 Å². The van der Waals surface area contributed by atoms with Crippen LogP contribution in [0.1, 0.15) is 11.3 Å². The first-order valence-electron chi connectivity index (χ1n) is 10.8. The molecule has 9 heteroatoms. The molecule has 0 radical (unpaired) electrons. The van der Waals surface area contributed by atoms with Crippen LogP contribution in [-0.2, 0) is 7.05 Å². The third-order valence-corrected chi connectivity index (χ3v) is 5.97. The molecule has 0 fully saturated rings. The van der Waals surface area contributed by atoms with Crippen LogP contribution < -0.4 is 16.8 Å². The van der Waals surface area contributed by atoms with Crippen molar-refractivity contribution in [2.24, 2.45) is 12.0 Å². The van der Waals surface area contributed by atoms with E-state index in [0.717, 1.165) is 16.2 Å². The SMILES string of the molecule is Cc1c(N=Cc2c(O)n(-c3cccc4ccccc34)c(=O)[nH]c2=O)c(=O)n(-c2ccccc2)n1C. The minimum Gasteiger partial charge on any atom is -0.493 e. The van der Waals surface area contributed by atoms with Crippen LogP contribution in [0.15, 0.2) is 92.2 Å². The number of benzene rings is 3. The molecular weight excluding hydrogens is 446 g/mol. The molecule has 5 rings (SSSR count). The van der Waals surface area contributed by atoms with Gasteiger partial charge in [-0.3, -0.25) is 19.3 Å². The van der Waals surface area contributed by atoms with Gasteiger partial charge < -0.3 is 5.11 Å². The van der Waals surface area contributed by atoms with Crippen molar-refractivity contribution in [3.63, 3.8) is 0 Å². The number of nitrogens with zero attached hydrogens (tertiary/aromatic N) is 4. The fourth-order valence-corrected chi connectivity index (χ4v) is 4.11. The molecule has 2 aromatic heterocycles. The van der Waals surface area contributed by atoms with Crippen molar-refractivity contribution in [3.8, 4) is 17.3 Å². The van der Waals surface area contributed by atoms with E-state index in [9.17, 15) is 19.5 Å². The highest BCUT2D eigenvalue weighted by atomic mass is 16.3. The Kier molecular flexibility index (Phi) is 5.29. The van der Waals surface area contributed by atoms with Gasteiger partial charge in [-0.15, -0.1) is 0 Å². The molecule has 0 unspecified atom stereocenters. The van der Waals surface area contributed by atoms with Gasteiger partial charge >= 0.3 is 5.69 Å². The van der Waals surface area contributed by atoms with E-state index in [1.165, 1.54) is 4.68 Å². The fourth-order valence-electron chi connectivity index (χ4n) is 4.11. The first-order chi connectivity index (χ1) is 16.9. The lowest BCUT2D eigenvalue weighted by molar-refractivity contribution is 0.430. The summed E-state index contributed by atoms with van der Waals surface area (Å²) in [5, 5.41) is 12.6. The van der Waals surface area contributed by atoms with Gasteiger partial charge in [-0.05, 0) is 30.5 Å². The Morgan fingerprint density at radius 2 is 1.60 bits per heavy atom. The zero-order chi connectivity index (χ0) is 24.7. The smallest absolute Gasteiger partial charge is 0.335 e. The minimum absolute atomic E-state index is 0.109.